The van der Waals surface area contributed by atoms with Crippen LogP contribution in [0.15, 0.2) is 4.52 Å². The van der Waals surface area contributed by atoms with Crippen LogP contribution in [0.4, 0.5) is 0 Å². The van der Waals surface area contributed by atoms with E-state index in [0.717, 1.165) is 37.9 Å². The monoisotopic (exact) mass is 281 g/mol. The van der Waals surface area contributed by atoms with Gasteiger partial charge in [0.15, 0.2) is 0 Å². The van der Waals surface area contributed by atoms with E-state index >= 15 is 0 Å². The second kappa shape index (κ2) is 6.68. The smallest absolute Gasteiger partial charge is 0.226 e. The van der Waals surface area contributed by atoms with Crippen LogP contribution in [0, 0.1) is 5.92 Å². The summed E-state index contributed by atoms with van der Waals surface area (Å²) in [5.74, 6) is 2.04. The lowest BCUT2D eigenvalue weighted by Gasteiger charge is -2.37. The molecule has 0 bridgehead atoms. The van der Waals surface area contributed by atoms with Gasteiger partial charge in [0.25, 0.3) is 0 Å². The summed E-state index contributed by atoms with van der Waals surface area (Å²) in [6.07, 6.45) is 5.97. The molecule has 1 aromatic rings. The van der Waals surface area contributed by atoms with Crippen LogP contribution in [0.1, 0.15) is 64.6 Å². The maximum Gasteiger partial charge on any atom is 0.226 e. The van der Waals surface area contributed by atoms with Gasteiger partial charge in [0.2, 0.25) is 11.7 Å². The van der Waals surface area contributed by atoms with E-state index in [2.05, 4.69) is 17.1 Å². The first-order chi connectivity index (χ1) is 9.55. The van der Waals surface area contributed by atoms with Crippen molar-refractivity contribution in [2.24, 2.45) is 11.7 Å². The molecule has 1 aliphatic rings. The molecule has 0 radical (unpaired) electrons. The third kappa shape index (κ3) is 3.58. The minimum absolute atomic E-state index is 0.154. The highest BCUT2D eigenvalue weighted by Crippen LogP contribution is 2.41. The van der Waals surface area contributed by atoms with Crippen LogP contribution in [-0.4, -0.2) is 22.8 Å². The van der Waals surface area contributed by atoms with E-state index in [1.165, 1.54) is 6.42 Å². The van der Waals surface area contributed by atoms with Crippen molar-refractivity contribution in [3.05, 3.63) is 11.7 Å². The Labute approximate surface area is 121 Å². The molecule has 0 amide bonds. The summed E-state index contributed by atoms with van der Waals surface area (Å²) in [7, 11) is 0. The summed E-state index contributed by atoms with van der Waals surface area (Å²) in [6.45, 7) is 6.96. The van der Waals surface area contributed by atoms with Gasteiger partial charge in [-0.05, 0) is 45.4 Å². The van der Waals surface area contributed by atoms with Gasteiger partial charge in [-0.1, -0.05) is 18.5 Å². The summed E-state index contributed by atoms with van der Waals surface area (Å²) in [4.78, 5) is 4.57. The second-order valence-corrected chi connectivity index (χ2v) is 6.16. The standard InChI is InChI=1S/C15H27N3O2/c1-4-19-15(9-5-6-11(2)10-15)14-17-13(20-18-14)8-7-12(3)16/h11-12H,4-10,16H2,1-3H3. The fraction of sp³-hybridized carbons (Fsp3) is 0.867. The van der Waals surface area contributed by atoms with Crippen molar-refractivity contribution < 1.29 is 9.26 Å². The van der Waals surface area contributed by atoms with Crippen molar-refractivity contribution in [1.82, 2.24) is 10.1 Å². The van der Waals surface area contributed by atoms with Crippen LogP contribution in [0.3, 0.4) is 0 Å². The quantitative estimate of drug-likeness (QED) is 0.868. The number of nitrogens with zero attached hydrogens (tertiary/aromatic N) is 2. The second-order valence-electron chi connectivity index (χ2n) is 6.16. The van der Waals surface area contributed by atoms with E-state index in [4.69, 9.17) is 15.0 Å². The summed E-state index contributed by atoms with van der Waals surface area (Å²) in [5.41, 5.74) is 5.42. The summed E-state index contributed by atoms with van der Waals surface area (Å²) >= 11 is 0. The molecule has 3 atom stereocenters. The van der Waals surface area contributed by atoms with Crippen LogP contribution >= 0.6 is 0 Å². The van der Waals surface area contributed by atoms with Crippen molar-refractivity contribution in [3.8, 4) is 0 Å². The molecule has 1 saturated carbocycles. The molecule has 0 saturated heterocycles. The van der Waals surface area contributed by atoms with Gasteiger partial charge in [0, 0.05) is 19.1 Å². The Bertz CT molecular complexity index is 415. The van der Waals surface area contributed by atoms with Gasteiger partial charge in [-0.2, -0.15) is 4.98 Å². The summed E-state index contributed by atoms with van der Waals surface area (Å²) in [6, 6.07) is 0.154. The molecule has 0 aliphatic heterocycles. The fourth-order valence-electron chi connectivity index (χ4n) is 3.07. The molecule has 20 heavy (non-hydrogen) atoms. The summed E-state index contributed by atoms with van der Waals surface area (Å²) in [5, 5.41) is 4.19. The third-order valence-corrected chi connectivity index (χ3v) is 4.07. The van der Waals surface area contributed by atoms with E-state index < -0.39 is 0 Å². The zero-order valence-corrected chi connectivity index (χ0v) is 12.9. The Morgan fingerprint density at radius 1 is 1.55 bits per heavy atom. The number of hydrogen-bond acceptors (Lipinski definition) is 5. The number of nitrogens with two attached hydrogens (primary N) is 1. The predicted molar refractivity (Wildman–Crippen MR) is 77.2 cm³/mol. The van der Waals surface area contributed by atoms with Crippen molar-refractivity contribution in [2.45, 2.75) is 70.9 Å². The molecule has 0 spiro atoms. The average Bonchev–Trinajstić information content (AvgIpc) is 2.86. The molecular formula is C15H27N3O2. The molecule has 1 heterocycles. The highest BCUT2D eigenvalue weighted by molar-refractivity contribution is 5.04. The molecule has 5 nitrogen and oxygen atoms in total. The summed E-state index contributed by atoms with van der Waals surface area (Å²) < 4.78 is 11.4. The molecule has 2 rings (SSSR count). The van der Waals surface area contributed by atoms with Crippen molar-refractivity contribution in [2.75, 3.05) is 6.61 Å². The Balaban J connectivity index is 2.13. The fourth-order valence-corrected chi connectivity index (χ4v) is 3.07. The Hall–Kier alpha value is -0.940. The number of ether oxygens (including phenoxy) is 1. The first-order valence-electron chi connectivity index (χ1n) is 7.78. The topological polar surface area (TPSA) is 74.2 Å². The lowest BCUT2D eigenvalue weighted by Crippen LogP contribution is -2.36. The number of aryl methyl sites for hydroxylation is 1. The van der Waals surface area contributed by atoms with Gasteiger partial charge in [-0.25, -0.2) is 0 Å². The van der Waals surface area contributed by atoms with Crippen molar-refractivity contribution in [3.63, 3.8) is 0 Å². The molecule has 114 valence electrons. The van der Waals surface area contributed by atoms with E-state index in [0.29, 0.717) is 18.4 Å². The van der Waals surface area contributed by atoms with E-state index in [-0.39, 0.29) is 11.6 Å². The molecule has 0 aromatic carbocycles. The number of hydrogen-bond donors (Lipinski definition) is 1. The normalized spacial score (nSPS) is 28.5. The largest absolute Gasteiger partial charge is 0.367 e. The molecule has 2 N–H and O–H groups in total. The minimum Gasteiger partial charge on any atom is -0.367 e. The highest BCUT2D eigenvalue weighted by atomic mass is 16.5. The van der Waals surface area contributed by atoms with Crippen LogP contribution < -0.4 is 5.73 Å². The minimum atomic E-state index is -0.345. The Kier molecular flexibility index (Phi) is 5.16. The lowest BCUT2D eigenvalue weighted by molar-refractivity contribution is -0.0891. The van der Waals surface area contributed by atoms with E-state index in [9.17, 15) is 0 Å². The molecule has 1 aromatic heterocycles. The van der Waals surface area contributed by atoms with Crippen LogP contribution in [0.2, 0.25) is 0 Å². The van der Waals surface area contributed by atoms with E-state index in [1.807, 2.05) is 13.8 Å². The third-order valence-electron chi connectivity index (χ3n) is 4.07. The van der Waals surface area contributed by atoms with Crippen LogP contribution in [0.5, 0.6) is 0 Å². The molecular weight excluding hydrogens is 254 g/mol. The number of rotatable bonds is 6. The number of aromatic nitrogens is 2. The SMILES string of the molecule is CCOC1(c2noc(CCC(C)N)n2)CCCC(C)C1. The zero-order chi connectivity index (χ0) is 14.6. The van der Waals surface area contributed by atoms with Crippen molar-refractivity contribution >= 4 is 0 Å². The van der Waals surface area contributed by atoms with Gasteiger partial charge in [0.05, 0.1) is 0 Å². The Morgan fingerprint density at radius 2 is 2.35 bits per heavy atom. The zero-order valence-electron chi connectivity index (χ0n) is 12.9. The first-order valence-corrected chi connectivity index (χ1v) is 7.78. The van der Waals surface area contributed by atoms with Gasteiger partial charge in [-0.15, -0.1) is 0 Å². The van der Waals surface area contributed by atoms with Crippen LogP contribution in [-0.2, 0) is 16.8 Å². The first kappa shape index (κ1) is 15.4. The average molecular weight is 281 g/mol. The van der Waals surface area contributed by atoms with Gasteiger partial charge in [0.1, 0.15) is 5.60 Å². The molecule has 3 unspecified atom stereocenters. The predicted octanol–water partition coefficient (Wildman–Crippen LogP) is 2.79. The lowest BCUT2D eigenvalue weighted by atomic mass is 9.78. The van der Waals surface area contributed by atoms with Gasteiger partial charge < -0.3 is 15.0 Å². The van der Waals surface area contributed by atoms with Gasteiger partial charge >= 0.3 is 0 Å². The molecule has 5 heteroatoms. The highest BCUT2D eigenvalue weighted by Gasteiger charge is 2.41. The van der Waals surface area contributed by atoms with E-state index in [1.54, 1.807) is 0 Å². The van der Waals surface area contributed by atoms with Crippen LogP contribution in [0.25, 0.3) is 0 Å². The maximum atomic E-state index is 6.06. The van der Waals surface area contributed by atoms with Gasteiger partial charge in [-0.3, -0.25) is 0 Å². The molecule has 1 aliphatic carbocycles. The molecule has 1 fully saturated rings. The maximum absolute atomic E-state index is 6.06. The van der Waals surface area contributed by atoms with Crippen molar-refractivity contribution in [1.29, 1.82) is 0 Å². The Morgan fingerprint density at radius 3 is 3.00 bits per heavy atom.